The van der Waals surface area contributed by atoms with Gasteiger partial charge in [0, 0.05) is 17.6 Å². The van der Waals surface area contributed by atoms with Crippen LogP contribution in [0, 0.1) is 5.82 Å². The summed E-state index contributed by atoms with van der Waals surface area (Å²) >= 11 is 11.4. The molecule has 0 saturated heterocycles. The minimum absolute atomic E-state index is 0.0278. The normalized spacial score (nSPS) is 13.8. The summed E-state index contributed by atoms with van der Waals surface area (Å²) in [7, 11) is 1.27. The highest BCUT2D eigenvalue weighted by Crippen LogP contribution is 2.35. The third-order valence-corrected chi connectivity index (χ3v) is 3.42. The molecule has 0 saturated carbocycles. The summed E-state index contributed by atoms with van der Waals surface area (Å²) in [5.41, 5.74) is -1.82. The predicted molar refractivity (Wildman–Crippen MR) is 65.2 cm³/mol. The van der Waals surface area contributed by atoms with Crippen molar-refractivity contribution in [1.82, 2.24) is 4.90 Å². The molecular weight excluding hydrogens is 284 g/mol. The first-order valence-electron chi connectivity index (χ1n) is 4.81. The fourth-order valence-electron chi connectivity index (χ4n) is 1.46. The molecule has 0 radical (unpaired) electrons. The highest BCUT2D eigenvalue weighted by Gasteiger charge is 2.41. The van der Waals surface area contributed by atoms with Crippen molar-refractivity contribution < 1.29 is 19.1 Å². The predicted octanol–water partition coefficient (Wildman–Crippen LogP) is 2.52. The summed E-state index contributed by atoms with van der Waals surface area (Å²) in [5, 5.41) is 9.01. The Hall–Kier alpha value is -1.33. The van der Waals surface area contributed by atoms with Crippen molar-refractivity contribution in [1.29, 1.82) is 0 Å². The molecule has 18 heavy (non-hydrogen) atoms. The van der Waals surface area contributed by atoms with Crippen LogP contribution in [0.25, 0.3) is 0 Å². The maximum absolute atomic E-state index is 13.4. The van der Waals surface area contributed by atoms with Gasteiger partial charge in [-0.1, -0.05) is 23.2 Å². The van der Waals surface area contributed by atoms with Gasteiger partial charge >= 0.3 is 5.97 Å². The highest BCUT2D eigenvalue weighted by molar-refractivity contribution is 6.35. The average Bonchev–Trinajstić information content (AvgIpc) is 2.31. The number of amides is 1. The van der Waals surface area contributed by atoms with E-state index in [-0.39, 0.29) is 15.6 Å². The van der Waals surface area contributed by atoms with Crippen LogP contribution in [0.5, 0.6) is 0 Å². The van der Waals surface area contributed by atoms with E-state index in [0.29, 0.717) is 6.41 Å². The fourth-order valence-corrected chi connectivity index (χ4v) is 2.02. The topological polar surface area (TPSA) is 57.6 Å². The third-order valence-electron chi connectivity index (χ3n) is 2.81. The molecule has 1 aromatic rings. The van der Waals surface area contributed by atoms with Gasteiger partial charge in [-0.05, 0) is 19.1 Å². The van der Waals surface area contributed by atoms with E-state index in [2.05, 4.69) is 0 Å². The van der Waals surface area contributed by atoms with Crippen LogP contribution in [-0.4, -0.2) is 29.4 Å². The second-order valence-electron chi connectivity index (χ2n) is 3.84. The second kappa shape index (κ2) is 5.12. The zero-order valence-electron chi connectivity index (χ0n) is 9.58. The first-order chi connectivity index (χ1) is 8.25. The van der Waals surface area contributed by atoms with Gasteiger partial charge in [-0.25, -0.2) is 9.18 Å². The monoisotopic (exact) mass is 293 g/mol. The molecule has 7 heteroatoms. The van der Waals surface area contributed by atoms with E-state index >= 15 is 0 Å². The van der Waals surface area contributed by atoms with Crippen LogP contribution in [-0.2, 0) is 15.1 Å². The van der Waals surface area contributed by atoms with E-state index in [1.165, 1.54) is 14.0 Å². The first kappa shape index (κ1) is 14.7. The molecule has 1 aromatic carbocycles. The van der Waals surface area contributed by atoms with Crippen LogP contribution >= 0.6 is 23.2 Å². The summed E-state index contributed by atoms with van der Waals surface area (Å²) in [6.45, 7) is 1.25. The van der Waals surface area contributed by atoms with E-state index in [4.69, 9.17) is 23.2 Å². The number of carbonyl (C=O) groups is 2. The molecule has 1 N–H and O–H groups in total. The molecule has 98 valence electrons. The second-order valence-corrected chi connectivity index (χ2v) is 4.65. The van der Waals surface area contributed by atoms with Gasteiger partial charge in [-0.2, -0.15) is 0 Å². The largest absolute Gasteiger partial charge is 0.479 e. The Bertz CT molecular complexity index is 509. The summed E-state index contributed by atoms with van der Waals surface area (Å²) in [5.74, 6) is -2.14. The minimum Gasteiger partial charge on any atom is -0.479 e. The van der Waals surface area contributed by atoms with Crippen molar-refractivity contribution in [3.63, 3.8) is 0 Å². The zero-order chi connectivity index (χ0) is 14.1. The van der Waals surface area contributed by atoms with Crippen LogP contribution in [0.15, 0.2) is 12.1 Å². The van der Waals surface area contributed by atoms with Gasteiger partial charge < -0.3 is 10.0 Å². The van der Waals surface area contributed by atoms with E-state index in [0.717, 1.165) is 17.0 Å². The molecule has 0 aromatic heterocycles. The van der Waals surface area contributed by atoms with Crippen molar-refractivity contribution in [3.8, 4) is 0 Å². The van der Waals surface area contributed by atoms with Gasteiger partial charge in [-0.15, -0.1) is 0 Å². The number of carboxylic acid groups (broad SMARTS) is 1. The molecule has 1 amide bonds. The average molecular weight is 294 g/mol. The highest BCUT2D eigenvalue weighted by atomic mass is 35.5. The number of hydrogen-bond acceptors (Lipinski definition) is 2. The quantitative estimate of drug-likeness (QED) is 0.685. The molecule has 0 spiro atoms. The molecule has 1 unspecified atom stereocenters. The molecule has 0 fully saturated rings. The Morgan fingerprint density at radius 1 is 1.44 bits per heavy atom. The Morgan fingerprint density at radius 2 is 2.00 bits per heavy atom. The van der Waals surface area contributed by atoms with Crippen LogP contribution in [0.1, 0.15) is 12.5 Å². The van der Waals surface area contributed by atoms with Crippen LogP contribution in [0.2, 0.25) is 10.0 Å². The molecule has 1 atom stereocenters. The van der Waals surface area contributed by atoms with Gasteiger partial charge in [0.2, 0.25) is 6.41 Å². The zero-order valence-corrected chi connectivity index (χ0v) is 11.1. The maximum atomic E-state index is 13.4. The van der Waals surface area contributed by atoms with Crippen molar-refractivity contribution in [3.05, 3.63) is 33.6 Å². The summed E-state index contributed by atoms with van der Waals surface area (Å²) in [4.78, 5) is 23.0. The standard InChI is InChI=1S/C11H10Cl2FNO3/c1-11(10(17)18,15(2)5-16)6-3-9(14)8(13)4-7(6)12/h3-5H,1-2H3,(H,17,18). The number of halogens is 3. The number of likely N-dealkylation sites (N-methyl/N-ethyl adjacent to an activating group) is 1. The van der Waals surface area contributed by atoms with Gasteiger partial charge in [0.25, 0.3) is 0 Å². The molecule has 4 nitrogen and oxygen atoms in total. The summed E-state index contributed by atoms with van der Waals surface area (Å²) in [6.07, 6.45) is 0.330. The first-order valence-corrected chi connectivity index (χ1v) is 5.57. The fraction of sp³-hybridized carbons (Fsp3) is 0.273. The Balaban J connectivity index is 3.53. The number of nitrogens with zero attached hydrogens (tertiary/aromatic N) is 1. The van der Waals surface area contributed by atoms with Crippen LogP contribution in [0.3, 0.4) is 0 Å². The lowest BCUT2D eigenvalue weighted by molar-refractivity contribution is -0.153. The summed E-state index contributed by atoms with van der Waals surface area (Å²) in [6, 6.07) is 2.02. The lowest BCUT2D eigenvalue weighted by Gasteiger charge is -2.33. The number of rotatable bonds is 4. The Labute approximate surface area is 113 Å². The number of carbonyl (C=O) groups excluding carboxylic acids is 1. The number of aliphatic carboxylic acids is 1. The van der Waals surface area contributed by atoms with E-state index in [1.54, 1.807) is 0 Å². The lowest BCUT2D eigenvalue weighted by atomic mass is 9.90. The molecular formula is C11H10Cl2FNO3. The molecule has 0 aliphatic rings. The van der Waals surface area contributed by atoms with Gasteiger partial charge in [0.15, 0.2) is 5.54 Å². The molecule has 1 rings (SSSR count). The summed E-state index contributed by atoms with van der Waals surface area (Å²) < 4.78 is 13.4. The molecule has 0 bridgehead atoms. The SMILES string of the molecule is CN(C=O)C(C)(C(=O)O)c1cc(F)c(Cl)cc1Cl. The van der Waals surface area contributed by atoms with Crippen molar-refractivity contribution in [2.45, 2.75) is 12.5 Å². The van der Waals surface area contributed by atoms with Crippen molar-refractivity contribution >= 4 is 35.6 Å². The van der Waals surface area contributed by atoms with E-state index in [1.807, 2.05) is 0 Å². The minimum atomic E-state index is -1.77. The third kappa shape index (κ3) is 2.28. The number of benzene rings is 1. The molecule has 0 aliphatic carbocycles. The Kier molecular flexibility index (Phi) is 4.19. The van der Waals surface area contributed by atoms with Gasteiger partial charge in [0.1, 0.15) is 5.82 Å². The number of carboxylic acids is 1. The van der Waals surface area contributed by atoms with Crippen molar-refractivity contribution in [2.24, 2.45) is 0 Å². The number of hydrogen-bond donors (Lipinski definition) is 1. The smallest absolute Gasteiger partial charge is 0.334 e. The maximum Gasteiger partial charge on any atom is 0.334 e. The van der Waals surface area contributed by atoms with Gasteiger partial charge in [-0.3, -0.25) is 4.79 Å². The van der Waals surface area contributed by atoms with Crippen LogP contribution < -0.4 is 0 Å². The van der Waals surface area contributed by atoms with Gasteiger partial charge in [0.05, 0.1) is 5.02 Å². The van der Waals surface area contributed by atoms with Crippen molar-refractivity contribution in [2.75, 3.05) is 7.05 Å². The van der Waals surface area contributed by atoms with Crippen LogP contribution in [0.4, 0.5) is 4.39 Å². The molecule has 0 aliphatic heterocycles. The van der Waals surface area contributed by atoms with E-state index in [9.17, 15) is 19.1 Å². The molecule has 0 heterocycles. The Morgan fingerprint density at radius 3 is 2.44 bits per heavy atom. The lowest BCUT2D eigenvalue weighted by Crippen LogP contribution is -2.47. The van der Waals surface area contributed by atoms with E-state index < -0.39 is 17.3 Å².